The first kappa shape index (κ1) is 12.9. The Morgan fingerprint density at radius 2 is 1.95 bits per heavy atom. The molecule has 0 bridgehead atoms. The molecule has 0 aliphatic carbocycles. The lowest BCUT2D eigenvalue weighted by Crippen LogP contribution is -2.24. The van der Waals surface area contributed by atoms with E-state index in [0.717, 1.165) is 0 Å². The maximum atomic E-state index is 11.9. The molecule has 1 aromatic heterocycles. The van der Waals surface area contributed by atoms with Crippen LogP contribution in [0.5, 0.6) is 0 Å². The number of benzene rings is 1. The number of carbonyl (C=O) groups excluding carboxylic acids is 1. The van der Waals surface area contributed by atoms with E-state index in [-0.39, 0.29) is 18.0 Å². The van der Waals surface area contributed by atoms with Gasteiger partial charge in [-0.25, -0.2) is 4.79 Å². The van der Waals surface area contributed by atoms with Crippen molar-refractivity contribution in [2.75, 3.05) is 0 Å². The number of hydrogen-bond donors (Lipinski definition) is 2. The molecule has 0 saturated heterocycles. The summed E-state index contributed by atoms with van der Waals surface area (Å²) in [7, 11) is 0. The zero-order valence-electron chi connectivity index (χ0n) is 10.3. The van der Waals surface area contributed by atoms with Gasteiger partial charge in [0.1, 0.15) is 5.76 Å². The Morgan fingerprint density at radius 1 is 1.21 bits per heavy atom. The molecule has 0 atom stereocenters. The highest BCUT2D eigenvalue weighted by Gasteiger charge is 2.13. The van der Waals surface area contributed by atoms with Crippen LogP contribution >= 0.6 is 0 Å². The minimum Gasteiger partial charge on any atom is -0.478 e. The smallest absolute Gasteiger partial charge is 0.336 e. The number of carboxylic acid groups (broad SMARTS) is 1. The molecule has 1 aromatic carbocycles. The van der Waals surface area contributed by atoms with Crippen molar-refractivity contribution < 1.29 is 19.1 Å². The Balaban J connectivity index is 2.10. The molecule has 98 valence electrons. The van der Waals surface area contributed by atoms with Crippen LogP contribution in [0.3, 0.4) is 0 Å². The van der Waals surface area contributed by atoms with Gasteiger partial charge in [0.25, 0.3) is 5.91 Å². The zero-order valence-corrected chi connectivity index (χ0v) is 10.3. The van der Waals surface area contributed by atoms with Crippen LogP contribution in [0, 0.1) is 6.92 Å². The molecule has 2 N–H and O–H groups in total. The van der Waals surface area contributed by atoms with Crippen molar-refractivity contribution in [1.82, 2.24) is 5.32 Å². The summed E-state index contributed by atoms with van der Waals surface area (Å²) in [5.74, 6) is -0.764. The van der Waals surface area contributed by atoms with Gasteiger partial charge in [-0.3, -0.25) is 4.79 Å². The van der Waals surface area contributed by atoms with E-state index in [1.54, 1.807) is 31.2 Å². The summed E-state index contributed by atoms with van der Waals surface area (Å²) in [5.41, 5.74) is 1.20. The molecule has 0 fully saturated rings. The van der Waals surface area contributed by atoms with Gasteiger partial charge >= 0.3 is 5.97 Å². The maximum Gasteiger partial charge on any atom is 0.336 e. The highest BCUT2D eigenvalue weighted by Crippen LogP contribution is 2.11. The molecule has 1 amide bonds. The number of aromatic carboxylic acids is 1. The van der Waals surface area contributed by atoms with E-state index in [2.05, 4.69) is 5.32 Å². The topological polar surface area (TPSA) is 79.5 Å². The van der Waals surface area contributed by atoms with Gasteiger partial charge in [-0.15, -0.1) is 0 Å². The van der Waals surface area contributed by atoms with Gasteiger partial charge in [0, 0.05) is 6.54 Å². The van der Waals surface area contributed by atoms with Gasteiger partial charge < -0.3 is 14.8 Å². The normalized spacial score (nSPS) is 10.2. The zero-order chi connectivity index (χ0) is 13.8. The molecule has 19 heavy (non-hydrogen) atoms. The number of rotatable bonds is 4. The third-order valence-corrected chi connectivity index (χ3v) is 2.79. The molecule has 2 rings (SSSR count). The fraction of sp³-hybridized carbons (Fsp3) is 0.143. The molecule has 0 unspecified atom stereocenters. The number of aryl methyl sites for hydroxylation is 1. The summed E-state index contributed by atoms with van der Waals surface area (Å²) < 4.78 is 5.04. The van der Waals surface area contributed by atoms with E-state index in [9.17, 15) is 9.59 Å². The monoisotopic (exact) mass is 259 g/mol. The minimum atomic E-state index is -1.01. The second-order valence-corrected chi connectivity index (χ2v) is 4.04. The highest BCUT2D eigenvalue weighted by molar-refractivity contribution is 5.95. The largest absolute Gasteiger partial charge is 0.478 e. The predicted molar refractivity (Wildman–Crippen MR) is 68.0 cm³/mol. The number of carboxylic acids is 1. The third kappa shape index (κ3) is 2.82. The van der Waals surface area contributed by atoms with E-state index in [1.165, 1.54) is 12.3 Å². The number of nitrogens with one attached hydrogen (secondary N) is 1. The molecule has 1 heterocycles. The second kappa shape index (κ2) is 5.39. The van der Waals surface area contributed by atoms with Gasteiger partial charge in [-0.2, -0.15) is 0 Å². The van der Waals surface area contributed by atoms with E-state index in [4.69, 9.17) is 9.52 Å². The van der Waals surface area contributed by atoms with Crippen molar-refractivity contribution >= 4 is 11.9 Å². The van der Waals surface area contributed by atoms with Gasteiger partial charge in [-0.1, -0.05) is 18.2 Å². The number of furan rings is 1. The molecule has 0 aliphatic rings. The quantitative estimate of drug-likeness (QED) is 0.882. The number of amides is 1. The predicted octanol–water partition coefficient (Wildman–Crippen LogP) is 2.22. The van der Waals surface area contributed by atoms with Gasteiger partial charge in [0.05, 0.1) is 17.4 Å². The molecule has 0 saturated carbocycles. The van der Waals surface area contributed by atoms with Crippen LogP contribution in [0.1, 0.15) is 32.0 Å². The first-order valence-electron chi connectivity index (χ1n) is 5.73. The van der Waals surface area contributed by atoms with Crippen molar-refractivity contribution in [3.63, 3.8) is 0 Å². The van der Waals surface area contributed by atoms with E-state index < -0.39 is 5.97 Å². The van der Waals surface area contributed by atoms with Crippen molar-refractivity contribution in [2.45, 2.75) is 13.5 Å². The van der Waals surface area contributed by atoms with Crippen LogP contribution < -0.4 is 5.32 Å². The van der Waals surface area contributed by atoms with Crippen LogP contribution in [0.25, 0.3) is 0 Å². The summed E-state index contributed by atoms with van der Waals surface area (Å²) in [6, 6.07) is 8.14. The molecule has 2 aromatic rings. The van der Waals surface area contributed by atoms with E-state index in [1.807, 2.05) is 0 Å². The summed E-state index contributed by atoms with van der Waals surface area (Å²) in [6.07, 6.45) is 1.44. The third-order valence-electron chi connectivity index (χ3n) is 2.79. The van der Waals surface area contributed by atoms with Crippen LogP contribution in [-0.4, -0.2) is 17.0 Å². The first-order valence-corrected chi connectivity index (χ1v) is 5.73. The fourth-order valence-corrected chi connectivity index (χ4v) is 1.77. The molecule has 5 heteroatoms. The first-order chi connectivity index (χ1) is 9.09. The Morgan fingerprint density at radius 3 is 2.58 bits per heavy atom. The summed E-state index contributed by atoms with van der Waals surface area (Å²) in [6.45, 7) is 1.85. The molecule has 0 spiro atoms. The Kier molecular flexibility index (Phi) is 3.66. The van der Waals surface area contributed by atoms with Crippen molar-refractivity contribution in [1.29, 1.82) is 0 Å². The second-order valence-electron chi connectivity index (χ2n) is 4.04. The summed E-state index contributed by atoms with van der Waals surface area (Å²) in [5, 5.41) is 11.7. The molecular formula is C14H13NO4. The number of hydrogen-bond acceptors (Lipinski definition) is 3. The average Bonchev–Trinajstić information content (AvgIpc) is 2.82. The molecule has 0 radical (unpaired) electrons. The average molecular weight is 259 g/mol. The van der Waals surface area contributed by atoms with Gasteiger partial charge in [0.2, 0.25) is 0 Å². The molecular weight excluding hydrogens is 246 g/mol. The summed E-state index contributed by atoms with van der Waals surface area (Å²) >= 11 is 0. The van der Waals surface area contributed by atoms with E-state index >= 15 is 0 Å². The lowest BCUT2D eigenvalue weighted by molar-refractivity contribution is 0.0694. The SMILES string of the molecule is Cc1occc1C(=O)NCc1ccccc1C(=O)O. The Hall–Kier alpha value is -2.56. The Labute approximate surface area is 109 Å². The lowest BCUT2D eigenvalue weighted by Gasteiger charge is -2.07. The van der Waals surface area contributed by atoms with Crippen LogP contribution in [-0.2, 0) is 6.54 Å². The van der Waals surface area contributed by atoms with Crippen molar-refractivity contribution in [3.05, 3.63) is 59.0 Å². The Bertz CT molecular complexity index is 615. The minimum absolute atomic E-state index is 0.159. The van der Waals surface area contributed by atoms with Gasteiger partial charge in [0.15, 0.2) is 0 Å². The maximum absolute atomic E-state index is 11.9. The number of carbonyl (C=O) groups is 2. The van der Waals surface area contributed by atoms with Crippen molar-refractivity contribution in [3.8, 4) is 0 Å². The molecule has 0 aliphatic heterocycles. The van der Waals surface area contributed by atoms with Crippen LogP contribution in [0.4, 0.5) is 0 Å². The van der Waals surface area contributed by atoms with Crippen LogP contribution in [0.2, 0.25) is 0 Å². The van der Waals surface area contributed by atoms with Gasteiger partial charge in [-0.05, 0) is 24.6 Å². The molecule has 5 nitrogen and oxygen atoms in total. The van der Waals surface area contributed by atoms with E-state index in [0.29, 0.717) is 16.9 Å². The summed E-state index contributed by atoms with van der Waals surface area (Å²) in [4.78, 5) is 22.9. The fourth-order valence-electron chi connectivity index (χ4n) is 1.77. The lowest BCUT2D eigenvalue weighted by atomic mass is 10.1. The van der Waals surface area contributed by atoms with Crippen LogP contribution in [0.15, 0.2) is 41.0 Å². The van der Waals surface area contributed by atoms with Crippen molar-refractivity contribution in [2.24, 2.45) is 0 Å². The standard InChI is InChI=1S/C14H13NO4/c1-9-11(6-7-19-9)13(16)15-8-10-4-2-3-5-12(10)14(17)18/h2-7H,8H2,1H3,(H,15,16)(H,17,18). The highest BCUT2D eigenvalue weighted by atomic mass is 16.4.